The van der Waals surface area contributed by atoms with Crippen molar-refractivity contribution in [3.8, 4) is 12.5 Å². The van der Waals surface area contributed by atoms with Crippen LogP contribution in [0, 0.1) is 34.9 Å². The van der Waals surface area contributed by atoms with Crippen molar-refractivity contribution in [3.63, 3.8) is 0 Å². The van der Waals surface area contributed by atoms with Crippen LogP contribution in [0.15, 0.2) is 36.4 Å². The van der Waals surface area contributed by atoms with Gasteiger partial charge in [0.1, 0.15) is 0 Å². The Balaban J connectivity index is -0.0000000831. The van der Waals surface area contributed by atoms with Crippen LogP contribution in [0.25, 0.3) is 0 Å². The van der Waals surface area contributed by atoms with Crippen LogP contribution in [-0.4, -0.2) is 10.2 Å². The molecule has 0 unspecified atom stereocenters. The van der Waals surface area contributed by atoms with Gasteiger partial charge in [0.15, 0.2) is 0 Å². The highest BCUT2D eigenvalue weighted by atomic mass is 16.2. The third-order valence-corrected chi connectivity index (χ3v) is 0.667. The molecule has 0 fully saturated rings. The summed E-state index contributed by atoms with van der Waals surface area (Å²) in [4.78, 5) is 0. The molecule has 4 nitrogen and oxygen atoms in total. The Labute approximate surface area is 123 Å². The predicted octanol–water partition coefficient (Wildman–Crippen LogP) is 4.69. The largest absolute Gasteiger partial charge is 0.443 e. The van der Waals surface area contributed by atoms with Crippen LogP contribution in [0.4, 0.5) is 0 Å². The van der Waals surface area contributed by atoms with E-state index in [0.29, 0.717) is 0 Å². The maximum Gasteiger partial charge on any atom is 0.283 e. The lowest BCUT2D eigenvalue weighted by atomic mass is 10.3. The van der Waals surface area contributed by atoms with Gasteiger partial charge in [0, 0.05) is 0 Å². The molecule has 1 aromatic carbocycles. The van der Waals surface area contributed by atoms with Gasteiger partial charge in [0.2, 0.25) is 0 Å². The van der Waals surface area contributed by atoms with E-state index in [1.165, 1.54) is 0 Å². The molecular weight excluding hydrogens is 252 g/mol. The molecule has 0 aliphatic carbocycles. The molecule has 0 amide bonds. The SMILES string of the molecule is CC(C)C.CC(C)C.N#CO.N#CO.c1ccccc1. The van der Waals surface area contributed by atoms with Crippen molar-refractivity contribution >= 4 is 0 Å². The van der Waals surface area contributed by atoms with Crippen LogP contribution >= 0.6 is 0 Å². The second-order valence-electron chi connectivity index (χ2n) is 4.82. The van der Waals surface area contributed by atoms with Gasteiger partial charge in [-0.2, -0.15) is 10.5 Å². The molecule has 1 aromatic rings. The second kappa shape index (κ2) is 30.1. The van der Waals surface area contributed by atoms with E-state index >= 15 is 0 Å². The van der Waals surface area contributed by atoms with E-state index in [-0.39, 0.29) is 0 Å². The van der Waals surface area contributed by atoms with Gasteiger partial charge in [0.25, 0.3) is 12.5 Å². The van der Waals surface area contributed by atoms with Gasteiger partial charge < -0.3 is 10.2 Å². The van der Waals surface area contributed by atoms with Crippen molar-refractivity contribution in [1.29, 1.82) is 10.5 Å². The molecule has 20 heavy (non-hydrogen) atoms. The summed E-state index contributed by atoms with van der Waals surface area (Å²) < 4.78 is 0. The molecule has 0 spiro atoms. The summed E-state index contributed by atoms with van der Waals surface area (Å²) in [6, 6.07) is 12.0. The topological polar surface area (TPSA) is 88.0 Å². The first-order valence-electron chi connectivity index (χ1n) is 6.36. The minimum atomic E-state index is 0.750. The molecule has 4 heteroatoms. The van der Waals surface area contributed by atoms with Crippen molar-refractivity contribution < 1.29 is 10.2 Å². The van der Waals surface area contributed by atoms with Crippen LogP contribution in [-0.2, 0) is 0 Å². The van der Waals surface area contributed by atoms with Crippen molar-refractivity contribution in [2.24, 2.45) is 11.8 Å². The maximum absolute atomic E-state index is 6.88. The first-order valence-corrected chi connectivity index (χ1v) is 6.36. The number of benzene rings is 1. The lowest BCUT2D eigenvalue weighted by molar-refractivity contribution is 0.502. The summed E-state index contributed by atoms with van der Waals surface area (Å²) in [5.41, 5.74) is 0. The fraction of sp³-hybridized carbons (Fsp3) is 0.500. The fourth-order valence-corrected chi connectivity index (χ4v) is 0.385. The van der Waals surface area contributed by atoms with Gasteiger partial charge >= 0.3 is 0 Å². The van der Waals surface area contributed by atoms with Gasteiger partial charge in [-0.15, -0.1) is 0 Å². The Morgan fingerprint density at radius 3 is 0.700 bits per heavy atom. The summed E-state index contributed by atoms with van der Waals surface area (Å²) in [5.74, 6) is 1.67. The number of nitrogens with zero attached hydrogens (tertiary/aromatic N) is 2. The van der Waals surface area contributed by atoms with Crippen molar-refractivity contribution in [1.82, 2.24) is 0 Å². The van der Waals surface area contributed by atoms with Crippen LogP contribution in [0.1, 0.15) is 41.5 Å². The molecule has 0 saturated carbocycles. The van der Waals surface area contributed by atoms with E-state index in [4.69, 9.17) is 20.7 Å². The number of hydrogen-bond donors (Lipinski definition) is 2. The summed E-state index contributed by atoms with van der Waals surface area (Å²) in [6.45, 7) is 13.0. The van der Waals surface area contributed by atoms with Gasteiger partial charge in [-0.1, -0.05) is 77.9 Å². The molecule has 0 bridgehead atoms. The highest BCUT2D eigenvalue weighted by Crippen LogP contribution is 1.81. The zero-order chi connectivity index (χ0) is 16.8. The molecule has 114 valence electrons. The molecule has 0 atom stereocenters. The summed E-state index contributed by atoms with van der Waals surface area (Å²) in [7, 11) is 0. The van der Waals surface area contributed by atoms with E-state index in [9.17, 15) is 0 Å². The lowest BCUT2D eigenvalue weighted by Crippen LogP contribution is -1.66. The van der Waals surface area contributed by atoms with Crippen molar-refractivity contribution in [2.75, 3.05) is 0 Å². The maximum atomic E-state index is 6.88. The molecule has 0 heterocycles. The third-order valence-electron chi connectivity index (χ3n) is 0.667. The van der Waals surface area contributed by atoms with E-state index < -0.39 is 0 Å². The van der Waals surface area contributed by atoms with Crippen molar-refractivity contribution in [2.45, 2.75) is 41.5 Å². The Kier molecular flexibility index (Phi) is 39.7. The minimum Gasteiger partial charge on any atom is -0.443 e. The van der Waals surface area contributed by atoms with Crippen LogP contribution in [0.5, 0.6) is 0 Å². The van der Waals surface area contributed by atoms with E-state index in [2.05, 4.69) is 41.5 Å². The minimum absolute atomic E-state index is 0.750. The standard InChI is InChI=1S/C6H6.2C4H10.2CHNO/c1-2-4-6-5-3-1;2*1-4(2)3;2*2-1-3/h1-6H;2*4H,1-3H3;2*3H. The number of aliphatic hydroxyl groups is 2. The second-order valence-corrected chi connectivity index (χ2v) is 4.82. The lowest BCUT2D eigenvalue weighted by Gasteiger charge is -1.79. The first-order chi connectivity index (χ1) is 9.29. The van der Waals surface area contributed by atoms with Crippen molar-refractivity contribution in [3.05, 3.63) is 36.4 Å². The Morgan fingerprint density at radius 2 is 0.650 bits per heavy atom. The Hall–Kier alpha value is -2.20. The third kappa shape index (κ3) is 240. The first kappa shape index (κ1) is 26.4. The van der Waals surface area contributed by atoms with Crippen LogP contribution < -0.4 is 0 Å². The van der Waals surface area contributed by atoms with Gasteiger partial charge in [-0.25, -0.2) is 0 Å². The fourth-order valence-electron chi connectivity index (χ4n) is 0.385. The molecule has 0 radical (unpaired) electrons. The quantitative estimate of drug-likeness (QED) is 0.675. The van der Waals surface area contributed by atoms with Gasteiger partial charge in [-0.05, 0) is 11.8 Å². The summed E-state index contributed by atoms with van der Waals surface area (Å²) in [6.07, 6.45) is 1.50. The molecule has 2 N–H and O–H groups in total. The highest BCUT2D eigenvalue weighted by Gasteiger charge is 1.68. The normalized spacial score (nSPS) is 6.70. The van der Waals surface area contributed by atoms with E-state index in [1.807, 2.05) is 36.4 Å². The molecule has 0 aliphatic rings. The van der Waals surface area contributed by atoms with Crippen LogP contribution in [0.2, 0.25) is 0 Å². The number of hydrogen-bond acceptors (Lipinski definition) is 4. The monoisotopic (exact) mass is 280 g/mol. The summed E-state index contributed by atoms with van der Waals surface area (Å²) >= 11 is 0. The Bertz CT molecular complexity index is 261. The summed E-state index contributed by atoms with van der Waals surface area (Å²) in [5, 5.41) is 27.5. The van der Waals surface area contributed by atoms with Gasteiger partial charge in [-0.3, -0.25) is 0 Å². The molecule has 0 aromatic heterocycles. The zero-order valence-electron chi connectivity index (χ0n) is 13.4. The van der Waals surface area contributed by atoms with Crippen LogP contribution in [0.3, 0.4) is 0 Å². The molecular formula is C16H28N2O2. The van der Waals surface area contributed by atoms with E-state index in [0.717, 1.165) is 24.3 Å². The predicted molar refractivity (Wildman–Crippen MR) is 82.6 cm³/mol. The van der Waals surface area contributed by atoms with E-state index in [1.54, 1.807) is 0 Å². The highest BCUT2D eigenvalue weighted by molar-refractivity contribution is 4.99. The number of aliphatic hydroxyl groups excluding tert-OH is 2. The number of nitriles is 2. The average Bonchev–Trinajstić information content (AvgIpc) is 2.31. The average molecular weight is 280 g/mol. The smallest absolute Gasteiger partial charge is 0.283 e. The number of rotatable bonds is 0. The zero-order valence-corrected chi connectivity index (χ0v) is 13.4. The Morgan fingerprint density at radius 1 is 0.600 bits per heavy atom. The molecule has 1 rings (SSSR count). The molecule has 0 saturated heterocycles. The van der Waals surface area contributed by atoms with Gasteiger partial charge in [0.05, 0.1) is 0 Å². The molecule has 0 aliphatic heterocycles.